The van der Waals surface area contributed by atoms with Gasteiger partial charge in [-0.2, -0.15) is 0 Å². The molecular formula is C26H22FN5O. The molecule has 1 unspecified atom stereocenters. The Morgan fingerprint density at radius 2 is 1.79 bits per heavy atom. The number of nitrogens with zero attached hydrogens (tertiary/aromatic N) is 5. The molecule has 4 heterocycles. The molecule has 5 rings (SSSR count). The summed E-state index contributed by atoms with van der Waals surface area (Å²) < 4.78 is 14.3. The Hall–Kier alpha value is -4.00. The zero-order valence-electron chi connectivity index (χ0n) is 17.9. The van der Waals surface area contributed by atoms with Crippen molar-refractivity contribution < 1.29 is 9.18 Å². The molecule has 3 aromatic heterocycles. The number of piperidine rings is 1. The van der Waals surface area contributed by atoms with E-state index in [1.165, 1.54) is 12.1 Å². The molecule has 4 aromatic rings. The van der Waals surface area contributed by atoms with Crippen LogP contribution in [0.4, 0.5) is 4.39 Å². The largest absolute Gasteiger partial charge is 0.338 e. The lowest BCUT2D eigenvalue weighted by Gasteiger charge is -2.33. The van der Waals surface area contributed by atoms with Crippen molar-refractivity contribution in [1.82, 2.24) is 24.8 Å². The third-order valence-electron chi connectivity index (χ3n) is 5.90. The van der Waals surface area contributed by atoms with E-state index in [0.29, 0.717) is 24.6 Å². The van der Waals surface area contributed by atoms with Gasteiger partial charge in [0.25, 0.3) is 5.91 Å². The van der Waals surface area contributed by atoms with Crippen molar-refractivity contribution in [2.45, 2.75) is 18.8 Å². The molecule has 1 saturated heterocycles. The number of rotatable bonds is 4. The summed E-state index contributed by atoms with van der Waals surface area (Å²) in [7, 11) is 0. The maximum atomic E-state index is 14.3. The normalized spacial score (nSPS) is 15.9. The van der Waals surface area contributed by atoms with Gasteiger partial charge in [-0.25, -0.2) is 14.4 Å². The summed E-state index contributed by atoms with van der Waals surface area (Å²) in [6.45, 7) is 1.05. The minimum Gasteiger partial charge on any atom is -0.338 e. The summed E-state index contributed by atoms with van der Waals surface area (Å²) in [5.74, 6) is -0.257. The Kier molecular flexibility index (Phi) is 5.85. The average Bonchev–Trinajstić information content (AvgIpc) is 2.89. The molecule has 0 radical (unpaired) electrons. The first kappa shape index (κ1) is 20.9. The van der Waals surface area contributed by atoms with Gasteiger partial charge in [-0.05, 0) is 54.8 Å². The maximum Gasteiger partial charge on any atom is 0.256 e. The van der Waals surface area contributed by atoms with Gasteiger partial charge in [0.1, 0.15) is 11.5 Å². The quantitative estimate of drug-likeness (QED) is 0.459. The van der Waals surface area contributed by atoms with Crippen molar-refractivity contribution in [3.05, 3.63) is 96.5 Å². The van der Waals surface area contributed by atoms with E-state index >= 15 is 0 Å². The lowest BCUT2D eigenvalue weighted by atomic mass is 9.89. The van der Waals surface area contributed by atoms with Gasteiger partial charge in [0.2, 0.25) is 0 Å². The second-order valence-corrected chi connectivity index (χ2v) is 8.01. The molecule has 6 nitrogen and oxygen atoms in total. The van der Waals surface area contributed by atoms with Crippen LogP contribution in [-0.4, -0.2) is 43.8 Å². The van der Waals surface area contributed by atoms with Crippen molar-refractivity contribution in [3.63, 3.8) is 0 Å². The number of hydrogen-bond donors (Lipinski definition) is 0. The summed E-state index contributed by atoms with van der Waals surface area (Å²) >= 11 is 0. The van der Waals surface area contributed by atoms with Crippen molar-refractivity contribution in [2.24, 2.45) is 0 Å². The molecule has 1 fully saturated rings. The smallest absolute Gasteiger partial charge is 0.256 e. The number of benzene rings is 1. The van der Waals surface area contributed by atoms with Crippen LogP contribution in [0.2, 0.25) is 0 Å². The number of carbonyl (C=O) groups excluding carboxylic acids is 1. The summed E-state index contributed by atoms with van der Waals surface area (Å²) in [5, 5.41) is 0. The van der Waals surface area contributed by atoms with E-state index in [1.807, 2.05) is 36.5 Å². The molecule has 1 aliphatic heterocycles. The van der Waals surface area contributed by atoms with Crippen LogP contribution in [0.5, 0.6) is 0 Å². The molecule has 1 atom stereocenters. The van der Waals surface area contributed by atoms with Gasteiger partial charge in [-0.3, -0.25) is 14.8 Å². The monoisotopic (exact) mass is 439 g/mol. The maximum absolute atomic E-state index is 14.3. The van der Waals surface area contributed by atoms with Gasteiger partial charge in [0, 0.05) is 49.4 Å². The van der Waals surface area contributed by atoms with Gasteiger partial charge in [-0.15, -0.1) is 0 Å². The van der Waals surface area contributed by atoms with E-state index in [2.05, 4.69) is 15.0 Å². The standard InChI is InChI=1S/C26H22FN5O/c27-22-8-2-1-7-20(22)26(33)32-15-5-6-19(17-32)24-21(18-10-13-28-14-11-18)16-30-25(31-24)23-9-3-4-12-29-23/h1-4,7-14,16,19H,5-6,15,17H2. The molecule has 33 heavy (non-hydrogen) atoms. The van der Waals surface area contributed by atoms with Crippen LogP contribution in [0.1, 0.15) is 34.8 Å². The van der Waals surface area contributed by atoms with Crippen LogP contribution in [-0.2, 0) is 0 Å². The zero-order chi connectivity index (χ0) is 22.6. The van der Waals surface area contributed by atoms with E-state index in [0.717, 1.165) is 29.7 Å². The van der Waals surface area contributed by atoms with E-state index in [4.69, 9.17) is 4.98 Å². The fourth-order valence-electron chi connectivity index (χ4n) is 4.27. The van der Waals surface area contributed by atoms with Gasteiger partial charge in [0.15, 0.2) is 5.82 Å². The number of halogens is 1. The van der Waals surface area contributed by atoms with Crippen molar-refractivity contribution in [3.8, 4) is 22.6 Å². The molecule has 0 N–H and O–H groups in total. The first-order chi connectivity index (χ1) is 16.2. The SMILES string of the molecule is O=C(c1ccccc1F)N1CCCC(c2nc(-c3ccccn3)ncc2-c2ccncc2)C1. The molecule has 0 spiro atoms. The van der Waals surface area contributed by atoms with Crippen LogP contribution in [0, 0.1) is 5.82 Å². The Bertz CT molecular complexity index is 1270. The van der Waals surface area contributed by atoms with Crippen LogP contribution in [0.3, 0.4) is 0 Å². The van der Waals surface area contributed by atoms with Crippen LogP contribution >= 0.6 is 0 Å². The highest BCUT2D eigenvalue weighted by molar-refractivity contribution is 5.94. The lowest BCUT2D eigenvalue weighted by Crippen LogP contribution is -2.39. The molecule has 164 valence electrons. The highest BCUT2D eigenvalue weighted by Crippen LogP contribution is 2.34. The van der Waals surface area contributed by atoms with Gasteiger partial charge >= 0.3 is 0 Å². The van der Waals surface area contributed by atoms with E-state index in [-0.39, 0.29) is 17.4 Å². The number of amides is 1. The molecule has 1 aliphatic rings. The number of likely N-dealkylation sites (tertiary alicyclic amines) is 1. The Morgan fingerprint density at radius 3 is 2.58 bits per heavy atom. The van der Waals surface area contributed by atoms with Crippen molar-refractivity contribution >= 4 is 5.91 Å². The van der Waals surface area contributed by atoms with Crippen LogP contribution in [0.15, 0.2) is 79.4 Å². The molecule has 7 heteroatoms. The molecule has 0 saturated carbocycles. The zero-order valence-corrected chi connectivity index (χ0v) is 17.9. The van der Waals surface area contributed by atoms with Crippen molar-refractivity contribution in [1.29, 1.82) is 0 Å². The summed E-state index contributed by atoms with van der Waals surface area (Å²) in [6.07, 6.45) is 8.69. The summed E-state index contributed by atoms with van der Waals surface area (Å²) in [6, 6.07) is 15.6. The predicted molar refractivity (Wildman–Crippen MR) is 123 cm³/mol. The number of hydrogen-bond acceptors (Lipinski definition) is 5. The Labute approximate surface area is 191 Å². The average molecular weight is 439 g/mol. The number of pyridine rings is 2. The minimum atomic E-state index is -0.499. The fraction of sp³-hybridized carbons (Fsp3) is 0.192. The Balaban J connectivity index is 1.52. The molecule has 1 amide bonds. The third-order valence-corrected chi connectivity index (χ3v) is 5.90. The van der Waals surface area contributed by atoms with Crippen molar-refractivity contribution in [2.75, 3.05) is 13.1 Å². The van der Waals surface area contributed by atoms with Gasteiger partial charge in [0.05, 0.1) is 11.3 Å². The second kappa shape index (κ2) is 9.24. The second-order valence-electron chi connectivity index (χ2n) is 8.01. The highest BCUT2D eigenvalue weighted by atomic mass is 19.1. The third kappa shape index (κ3) is 4.35. The summed E-state index contributed by atoms with van der Waals surface area (Å²) in [5.41, 5.74) is 3.52. The van der Waals surface area contributed by atoms with E-state index in [1.54, 1.807) is 35.6 Å². The lowest BCUT2D eigenvalue weighted by molar-refractivity contribution is 0.0701. The Morgan fingerprint density at radius 1 is 0.970 bits per heavy atom. The number of carbonyl (C=O) groups is 1. The molecule has 0 bridgehead atoms. The fourth-order valence-corrected chi connectivity index (χ4v) is 4.27. The minimum absolute atomic E-state index is 0.0110. The number of aromatic nitrogens is 4. The molecule has 0 aliphatic carbocycles. The topological polar surface area (TPSA) is 71.9 Å². The van der Waals surface area contributed by atoms with Gasteiger partial charge < -0.3 is 4.90 Å². The molecule has 1 aromatic carbocycles. The van der Waals surface area contributed by atoms with Crippen LogP contribution < -0.4 is 0 Å². The molecular weight excluding hydrogens is 417 g/mol. The summed E-state index contributed by atoms with van der Waals surface area (Å²) in [4.78, 5) is 32.8. The van der Waals surface area contributed by atoms with E-state index in [9.17, 15) is 9.18 Å². The van der Waals surface area contributed by atoms with Crippen LogP contribution in [0.25, 0.3) is 22.6 Å². The van der Waals surface area contributed by atoms with Gasteiger partial charge in [-0.1, -0.05) is 18.2 Å². The van der Waals surface area contributed by atoms with E-state index < -0.39 is 5.82 Å². The highest BCUT2D eigenvalue weighted by Gasteiger charge is 2.29. The first-order valence-electron chi connectivity index (χ1n) is 10.9. The predicted octanol–water partition coefficient (Wildman–Crippen LogP) is 4.76. The first-order valence-corrected chi connectivity index (χ1v) is 10.9.